The number of ether oxygens (including phenoxy) is 1. The molecule has 3 aromatic rings. The average molecular weight is 481 g/mol. The molecule has 12 heteroatoms. The van der Waals surface area contributed by atoms with E-state index in [2.05, 4.69) is 10.4 Å². The highest BCUT2D eigenvalue weighted by Gasteiger charge is 2.24. The number of aliphatic hydroxyl groups is 2. The zero-order chi connectivity index (χ0) is 23.3. The Balaban J connectivity index is 1.62. The number of carbonyl (C=O) groups excluding carboxylic acids is 1. The van der Waals surface area contributed by atoms with Gasteiger partial charge in [0, 0.05) is 18.3 Å². The molecule has 0 saturated heterocycles. The van der Waals surface area contributed by atoms with Crippen molar-refractivity contribution in [2.24, 2.45) is 0 Å². The fraction of sp³-hybridized carbons (Fsp3) is 0.200. The summed E-state index contributed by atoms with van der Waals surface area (Å²) in [6.07, 6.45) is 0.216. The van der Waals surface area contributed by atoms with E-state index < -0.39 is 29.6 Å². The van der Waals surface area contributed by atoms with Crippen molar-refractivity contribution >= 4 is 34.8 Å². The van der Waals surface area contributed by atoms with Gasteiger partial charge < -0.3 is 20.3 Å². The smallest absolute Gasteiger partial charge is 0.272 e. The molecule has 0 aliphatic rings. The highest BCUT2D eigenvalue weighted by atomic mass is 35.5. The Kier molecular flexibility index (Phi) is 7.65. The minimum atomic E-state index is -1.29. The summed E-state index contributed by atoms with van der Waals surface area (Å²) < 4.78 is 6.90. The molecule has 1 aromatic heterocycles. The molecule has 0 spiro atoms. The third-order valence-electron chi connectivity index (χ3n) is 4.48. The number of benzene rings is 2. The maximum absolute atomic E-state index is 12.5. The molecule has 3 N–H and O–H groups in total. The van der Waals surface area contributed by atoms with Gasteiger partial charge in [0.25, 0.3) is 11.6 Å². The number of carbonyl (C=O) groups is 1. The van der Waals surface area contributed by atoms with Gasteiger partial charge in [-0.1, -0.05) is 29.3 Å². The predicted molar refractivity (Wildman–Crippen MR) is 116 cm³/mol. The van der Waals surface area contributed by atoms with Crippen molar-refractivity contribution < 1.29 is 24.7 Å². The largest absolute Gasteiger partial charge is 0.470 e. The highest BCUT2D eigenvalue weighted by molar-refractivity contribution is 6.42. The highest BCUT2D eigenvalue weighted by Crippen LogP contribution is 2.31. The second kappa shape index (κ2) is 10.4. The lowest BCUT2D eigenvalue weighted by Gasteiger charge is -2.22. The lowest BCUT2D eigenvalue weighted by molar-refractivity contribution is -0.384. The number of hydrogen-bond acceptors (Lipinski definition) is 7. The first kappa shape index (κ1) is 23.5. The van der Waals surface area contributed by atoms with E-state index in [4.69, 9.17) is 27.9 Å². The number of rotatable bonds is 9. The van der Waals surface area contributed by atoms with Crippen LogP contribution in [0.25, 0.3) is 0 Å². The summed E-state index contributed by atoms with van der Waals surface area (Å²) in [6, 6.07) is 10.5. The molecule has 3 rings (SSSR count). The number of hydrogen-bond donors (Lipinski definition) is 3. The molecule has 0 aliphatic carbocycles. The third kappa shape index (κ3) is 5.54. The first-order valence-electron chi connectivity index (χ1n) is 9.24. The summed E-state index contributed by atoms with van der Waals surface area (Å²) in [4.78, 5) is 22.7. The predicted octanol–water partition coefficient (Wildman–Crippen LogP) is 2.96. The van der Waals surface area contributed by atoms with Crippen LogP contribution < -0.4 is 10.1 Å². The quantitative estimate of drug-likeness (QED) is 0.315. The summed E-state index contributed by atoms with van der Waals surface area (Å²) in [7, 11) is 0. The molecule has 2 aromatic carbocycles. The summed E-state index contributed by atoms with van der Waals surface area (Å²) in [5.74, 6) is -0.281. The van der Waals surface area contributed by atoms with Crippen LogP contribution in [0.5, 0.6) is 5.75 Å². The number of aromatic nitrogens is 2. The number of non-ortho nitro benzene ring substituents is 1. The van der Waals surface area contributed by atoms with Gasteiger partial charge in [-0.3, -0.25) is 14.9 Å². The van der Waals surface area contributed by atoms with Gasteiger partial charge in [0.1, 0.15) is 22.6 Å². The normalized spacial score (nSPS) is 12.8. The molecule has 0 radical (unpaired) electrons. The summed E-state index contributed by atoms with van der Waals surface area (Å²) >= 11 is 12.0. The van der Waals surface area contributed by atoms with Crippen molar-refractivity contribution in [2.75, 3.05) is 6.61 Å². The minimum Gasteiger partial charge on any atom is -0.470 e. The molecule has 1 heterocycles. The van der Waals surface area contributed by atoms with E-state index >= 15 is 0 Å². The van der Waals surface area contributed by atoms with Crippen molar-refractivity contribution in [1.29, 1.82) is 0 Å². The van der Waals surface area contributed by atoms with Crippen LogP contribution >= 0.6 is 23.2 Å². The molecule has 0 bridgehead atoms. The Morgan fingerprint density at radius 1 is 1.22 bits per heavy atom. The molecule has 168 valence electrons. The van der Waals surface area contributed by atoms with Crippen LogP contribution in [0.4, 0.5) is 5.69 Å². The number of aliphatic hydroxyl groups excluding tert-OH is 2. The second-order valence-electron chi connectivity index (χ2n) is 6.62. The van der Waals surface area contributed by atoms with Gasteiger partial charge in [0.05, 0.1) is 22.6 Å². The third-order valence-corrected chi connectivity index (χ3v) is 5.28. The number of nitrogens with zero attached hydrogens (tertiary/aromatic N) is 3. The van der Waals surface area contributed by atoms with Crippen molar-refractivity contribution in [3.63, 3.8) is 0 Å². The maximum atomic E-state index is 12.5. The van der Waals surface area contributed by atoms with Crippen molar-refractivity contribution in [3.05, 3.63) is 86.1 Å². The molecule has 0 saturated carbocycles. The Morgan fingerprint density at radius 3 is 2.59 bits per heavy atom. The van der Waals surface area contributed by atoms with Gasteiger partial charge >= 0.3 is 0 Å². The monoisotopic (exact) mass is 480 g/mol. The molecule has 32 heavy (non-hydrogen) atoms. The zero-order valence-corrected chi connectivity index (χ0v) is 17.9. The standard InChI is InChI=1S/C20H18Cl2N4O6/c21-14-2-1-3-17(18(14)22)32-11-25-9-8-15(24-25)20(29)23-16(10-27)19(28)12-4-6-13(7-5-12)26(30)31/h1-9,16,19,27-28H,10-11H2,(H,23,29). The average Bonchev–Trinajstić information content (AvgIpc) is 3.27. The second-order valence-corrected chi connectivity index (χ2v) is 7.41. The van der Waals surface area contributed by atoms with Crippen molar-refractivity contribution in [1.82, 2.24) is 15.1 Å². The van der Waals surface area contributed by atoms with Gasteiger partial charge in [0.2, 0.25) is 0 Å². The molecule has 10 nitrogen and oxygen atoms in total. The topological polar surface area (TPSA) is 140 Å². The molecule has 2 unspecified atom stereocenters. The van der Waals surface area contributed by atoms with Crippen molar-refractivity contribution in [2.45, 2.75) is 18.9 Å². The Morgan fingerprint density at radius 2 is 1.94 bits per heavy atom. The first-order valence-corrected chi connectivity index (χ1v) is 10.00. The van der Waals surface area contributed by atoms with Crippen LogP contribution in [-0.4, -0.2) is 43.5 Å². The van der Waals surface area contributed by atoms with Gasteiger partial charge in [-0.15, -0.1) is 0 Å². The van der Waals surface area contributed by atoms with Crippen LogP contribution in [-0.2, 0) is 6.73 Å². The molecule has 1 amide bonds. The molecule has 0 fully saturated rings. The lowest BCUT2D eigenvalue weighted by atomic mass is 10.0. The number of nitrogens with one attached hydrogen (secondary N) is 1. The Bertz CT molecular complexity index is 1110. The van der Waals surface area contributed by atoms with E-state index in [1.807, 2.05) is 0 Å². The number of nitro benzene ring substituents is 1. The molecular weight excluding hydrogens is 463 g/mol. The fourth-order valence-corrected chi connectivity index (χ4v) is 3.12. The lowest BCUT2D eigenvalue weighted by Crippen LogP contribution is -2.42. The van der Waals surface area contributed by atoms with Crippen LogP contribution in [0.2, 0.25) is 10.0 Å². The first-order chi connectivity index (χ1) is 15.3. The maximum Gasteiger partial charge on any atom is 0.272 e. The van der Waals surface area contributed by atoms with E-state index in [9.17, 15) is 25.1 Å². The van der Waals surface area contributed by atoms with Gasteiger partial charge in [-0.05, 0) is 35.9 Å². The number of nitro groups is 1. The van der Waals surface area contributed by atoms with E-state index in [1.165, 1.54) is 41.2 Å². The van der Waals surface area contributed by atoms with E-state index in [0.29, 0.717) is 16.3 Å². The SMILES string of the molecule is O=C(NC(CO)C(O)c1ccc([N+](=O)[O-])cc1)c1ccn(COc2cccc(Cl)c2Cl)n1. The van der Waals surface area contributed by atoms with Crippen LogP contribution in [0.15, 0.2) is 54.7 Å². The Hall–Kier alpha value is -3.18. The molecule has 0 aliphatic heterocycles. The van der Waals surface area contributed by atoms with E-state index in [0.717, 1.165) is 0 Å². The van der Waals surface area contributed by atoms with Crippen molar-refractivity contribution in [3.8, 4) is 5.75 Å². The van der Waals surface area contributed by atoms with E-state index in [-0.39, 0.29) is 23.1 Å². The zero-order valence-electron chi connectivity index (χ0n) is 16.4. The molecule has 2 atom stereocenters. The van der Waals surface area contributed by atoms with Gasteiger partial charge in [-0.2, -0.15) is 5.10 Å². The Labute approximate surface area is 192 Å². The van der Waals surface area contributed by atoms with Gasteiger partial charge in [-0.25, -0.2) is 4.68 Å². The number of halogens is 2. The summed E-state index contributed by atoms with van der Waals surface area (Å²) in [5, 5.41) is 38.0. The molecular formula is C20H18Cl2N4O6. The van der Waals surface area contributed by atoms with Crippen LogP contribution in [0.1, 0.15) is 22.2 Å². The van der Waals surface area contributed by atoms with Crippen LogP contribution in [0, 0.1) is 10.1 Å². The summed E-state index contributed by atoms with van der Waals surface area (Å²) in [6.45, 7) is -0.608. The van der Waals surface area contributed by atoms with E-state index in [1.54, 1.807) is 18.2 Å². The fourth-order valence-electron chi connectivity index (χ4n) is 2.78. The van der Waals surface area contributed by atoms with Crippen LogP contribution in [0.3, 0.4) is 0 Å². The van der Waals surface area contributed by atoms with Gasteiger partial charge in [0.15, 0.2) is 6.73 Å². The minimum absolute atomic E-state index is 0.0279. The summed E-state index contributed by atoms with van der Waals surface area (Å²) in [5.41, 5.74) is 0.185. The number of amides is 1.